The monoisotopic (exact) mass is 200 g/mol. The second-order valence-electron chi connectivity index (χ2n) is 5.11. The summed E-state index contributed by atoms with van der Waals surface area (Å²) in [7, 11) is 8.30. The summed E-state index contributed by atoms with van der Waals surface area (Å²) in [6.07, 6.45) is 2.26. The van der Waals surface area contributed by atoms with E-state index < -0.39 is 0 Å². The van der Waals surface area contributed by atoms with Crippen LogP contribution in [-0.4, -0.2) is 62.3 Å². The van der Waals surface area contributed by atoms with Crippen LogP contribution >= 0.6 is 0 Å². The highest BCUT2D eigenvalue weighted by Crippen LogP contribution is 2.31. The Morgan fingerprint density at radius 2 is 1.29 bits per heavy atom. The molecular formula is C11H24N2O. The van der Waals surface area contributed by atoms with Crippen LogP contribution in [-0.2, 0) is 0 Å². The van der Waals surface area contributed by atoms with Crippen LogP contribution in [0.3, 0.4) is 0 Å². The normalized spacial score (nSPS) is 29.4. The summed E-state index contributed by atoms with van der Waals surface area (Å²) < 4.78 is 0. The van der Waals surface area contributed by atoms with Crippen molar-refractivity contribution in [3.05, 3.63) is 0 Å². The molecule has 0 amide bonds. The zero-order valence-corrected chi connectivity index (χ0v) is 9.90. The van der Waals surface area contributed by atoms with Crippen LogP contribution < -0.4 is 0 Å². The van der Waals surface area contributed by atoms with Crippen LogP contribution in [0.5, 0.6) is 0 Å². The van der Waals surface area contributed by atoms with Crippen molar-refractivity contribution < 1.29 is 5.11 Å². The van der Waals surface area contributed by atoms with Gasteiger partial charge in [0.15, 0.2) is 0 Å². The van der Waals surface area contributed by atoms with Crippen LogP contribution in [0.15, 0.2) is 0 Å². The van der Waals surface area contributed by atoms with Gasteiger partial charge in [0.25, 0.3) is 0 Å². The van der Waals surface area contributed by atoms with Gasteiger partial charge < -0.3 is 14.9 Å². The van der Waals surface area contributed by atoms with Crippen molar-refractivity contribution in [1.29, 1.82) is 0 Å². The fourth-order valence-corrected chi connectivity index (χ4v) is 2.49. The predicted molar refractivity (Wildman–Crippen MR) is 59.3 cm³/mol. The van der Waals surface area contributed by atoms with Crippen molar-refractivity contribution in [3.8, 4) is 0 Å². The van der Waals surface area contributed by atoms with Crippen molar-refractivity contribution in [3.63, 3.8) is 0 Å². The highest BCUT2D eigenvalue weighted by atomic mass is 16.3. The fourth-order valence-electron chi connectivity index (χ4n) is 2.49. The van der Waals surface area contributed by atoms with E-state index >= 15 is 0 Å². The van der Waals surface area contributed by atoms with Crippen molar-refractivity contribution in [1.82, 2.24) is 9.80 Å². The Labute approximate surface area is 87.7 Å². The van der Waals surface area contributed by atoms with E-state index in [-0.39, 0.29) is 6.10 Å². The van der Waals surface area contributed by atoms with E-state index in [1.165, 1.54) is 12.8 Å². The second-order valence-corrected chi connectivity index (χ2v) is 5.11. The molecule has 0 heterocycles. The van der Waals surface area contributed by atoms with Crippen molar-refractivity contribution in [2.45, 2.75) is 18.9 Å². The van der Waals surface area contributed by atoms with E-state index in [1.54, 1.807) is 0 Å². The molecule has 0 radical (unpaired) electrons. The van der Waals surface area contributed by atoms with Crippen LogP contribution in [0.2, 0.25) is 0 Å². The summed E-state index contributed by atoms with van der Waals surface area (Å²) >= 11 is 0. The Morgan fingerprint density at radius 3 is 1.57 bits per heavy atom. The van der Waals surface area contributed by atoms with Crippen LogP contribution in [0.4, 0.5) is 0 Å². The first kappa shape index (κ1) is 12.0. The molecular weight excluding hydrogens is 176 g/mol. The van der Waals surface area contributed by atoms with Gasteiger partial charge in [-0.05, 0) is 52.9 Å². The van der Waals surface area contributed by atoms with Gasteiger partial charge in [0, 0.05) is 13.1 Å². The van der Waals surface area contributed by atoms with Gasteiger partial charge in [0.1, 0.15) is 0 Å². The van der Waals surface area contributed by atoms with Crippen molar-refractivity contribution in [2.75, 3.05) is 41.3 Å². The lowest BCUT2D eigenvalue weighted by molar-refractivity contribution is 0.0682. The molecule has 1 fully saturated rings. The average molecular weight is 200 g/mol. The van der Waals surface area contributed by atoms with Gasteiger partial charge in [-0.1, -0.05) is 0 Å². The van der Waals surface area contributed by atoms with E-state index in [9.17, 15) is 5.11 Å². The number of hydrogen-bond acceptors (Lipinski definition) is 3. The van der Waals surface area contributed by atoms with Gasteiger partial charge >= 0.3 is 0 Å². The molecule has 0 aliphatic heterocycles. The highest BCUT2D eigenvalue weighted by molar-refractivity contribution is 4.86. The Balaban J connectivity index is 2.38. The smallest absolute Gasteiger partial charge is 0.0620 e. The topological polar surface area (TPSA) is 26.7 Å². The predicted octanol–water partition coefficient (Wildman–Crippen LogP) is 0.497. The van der Waals surface area contributed by atoms with Crippen molar-refractivity contribution in [2.24, 2.45) is 11.8 Å². The Kier molecular flexibility index (Phi) is 4.35. The minimum absolute atomic E-state index is 0.0974. The quantitative estimate of drug-likeness (QED) is 0.716. The molecule has 3 heteroatoms. The molecule has 0 aromatic heterocycles. The summed E-state index contributed by atoms with van der Waals surface area (Å²) in [5.41, 5.74) is 0. The SMILES string of the molecule is CN(C)C[C@@H]1CC[C@@H](CN(C)C)C1O. The zero-order chi connectivity index (χ0) is 10.7. The van der Waals surface area contributed by atoms with Gasteiger partial charge in [-0.15, -0.1) is 0 Å². The summed E-state index contributed by atoms with van der Waals surface area (Å²) in [5, 5.41) is 10.1. The maximum Gasteiger partial charge on any atom is 0.0620 e. The lowest BCUT2D eigenvalue weighted by atomic mass is 10.0. The minimum atomic E-state index is -0.0974. The number of nitrogens with zero attached hydrogens (tertiary/aromatic N) is 2. The average Bonchev–Trinajstić information content (AvgIpc) is 2.34. The van der Waals surface area contributed by atoms with Crippen LogP contribution in [0.1, 0.15) is 12.8 Å². The lowest BCUT2D eigenvalue weighted by Crippen LogP contribution is -2.33. The first-order valence-electron chi connectivity index (χ1n) is 5.48. The van der Waals surface area contributed by atoms with E-state index in [2.05, 4.69) is 38.0 Å². The Bertz CT molecular complexity index is 153. The molecule has 0 aromatic carbocycles. The van der Waals surface area contributed by atoms with Gasteiger partial charge in [0.2, 0.25) is 0 Å². The van der Waals surface area contributed by atoms with Crippen LogP contribution in [0.25, 0.3) is 0 Å². The molecule has 1 N–H and O–H groups in total. The molecule has 14 heavy (non-hydrogen) atoms. The van der Waals surface area contributed by atoms with Crippen LogP contribution in [0, 0.1) is 11.8 Å². The van der Waals surface area contributed by atoms with Gasteiger partial charge in [-0.3, -0.25) is 0 Å². The molecule has 1 rings (SSSR count). The van der Waals surface area contributed by atoms with Gasteiger partial charge in [0.05, 0.1) is 6.10 Å². The minimum Gasteiger partial charge on any atom is -0.392 e. The largest absolute Gasteiger partial charge is 0.392 e. The molecule has 3 nitrogen and oxygen atoms in total. The molecule has 1 aliphatic carbocycles. The Hall–Kier alpha value is -0.120. The van der Waals surface area contributed by atoms with Crippen molar-refractivity contribution >= 4 is 0 Å². The second kappa shape index (κ2) is 5.10. The number of hydrogen-bond donors (Lipinski definition) is 1. The molecule has 0 spiro atoms. The number of aliphatic hydroxyl groups excluding tert-OH is 1. The molecule has 0 saturated heterocycles. The first-order valence-corrected chi connectivity index (χ1v) is 5.48. The molecule has 0 unspecified atom stereocenters. The first-order chi connectivity index (χ1) is 6.50. The molecule has 1 aliphatic rings. The maximum atomic E-state index is 10.1. The van der Waals surface area contributed by atoms with E-state index in [0.717, 1.165) is 13.1 Å². The third kappa shape index (κ3) is 3.23. The summed E-state index contributed by atoms with van der Waals surface area (Å²) in [4.78, 5) is 4.35. The summed E-state index contributed by atoms with van der Waals surface area (Å²) in [5.74, 6) is 0.963. The molecule has 0 aromatic rings. The lowest BCUT2D eigenvalue weighted by Gasteiger charge is -2.24. The maximum absolute atomic E-state index is 10.1. The van der Waals surface area contributed by atoms with Gasteiger partial charge in [-0.2, -0.15) is 0 Å². The molecule has 84 valence electrons. The number of rotatable bonds is 4. The van der Waals surface area contributed by atoms with E-state index in [0.29, 0.717) is 11.8 Å². The Morgan fingerprint density at radius 1 is 0.929 bits per heavy atom. The third-order valence-corrected chi connectivity index (χ3v) is 3.07. The summed E-state index contributed by atoms with van der Waals surface area (Å²) in [6, 6.07) is 0. The highest BCUT2D eigenvalue weighted by Gasteiger charge is 2.34. The standard InChI is InChI=1S/C11H24N2O/c1-12(2)7-9-5-6-10(11(9)14)8-13(3)4/h9-11,14H,5-8H2,1-4H3/t9-,10-/m0/s1. The fraction of sp³-hybridized carbons (Fsp3) is 1.00. The van der Waals surface area contributed by atoms with E-state index in [1.807, 2.05) is 0 Å². The van der Waals surface area contributed by atoms with Gasteiger partial charge in [-0.25, -0.2) is 0 Å². The number of aliphatic hydroxyl groups is 1. The molecule has 2 atom stereocenters. The molecule has 1 saturated carbocycles. The molecule has 0 bridgehead atoms. The third-order valence-electron chi connectivity index (χ3n) is 3.07. The zero-order valence-electron chi connectivity index (χ0n) is 9.90. The van der Waals surface area contributed by atoms with E-state index in [4.69, 9.17) is 0 Å². The summed E-state index contributed by atoms with van der Waals surface area (Å²) in [6.45, 7) is 2.04.